The van der Waals surface area contributed by atoms with Crippen molar-refractivity contribution in [3.05, 3.63) is 59.4 Å². The molecule has 6 heteroatoms. The van der Waals surface area contributed by atoms with Crippen molar-refractivity contribution in [3.63, 3.8) is 0 Å². The van der Waals surface area contributed by atoms with E-state index in [0.717, 1.165) is 67.2 Å². The first-order valence-corrected chi connectivity index (χ1v) is 12.8. The lowest BCUT2D eigenvalue weighted by Gasteiger charge is -2.43. The summed E-state index contributed by atoms with van der Waals surface area (Å²) in [5, 5.41) is 0.736. The minimum Gasteiger partial charge on any atom is -0.334 e. The van der Waals surface area contributed by atoms with Gasteiger partial charge in [0.15, 0.2) is 0 Å². The molecule has 172 valence electrons. The normalized spacial score (nSPS) is 24.0. The SMILES string of the molecule is O=C(C1CCCCC1)N1C2CCC1CN(Cc1c(-c3ccc(Cl)cc3)nc3ccccn13)C2. The Morgan fingerprint density at radius 1 is 0.939 bits per heavy atom. The minimum atomic E-state index is 0.267. The Labute approximate surface area is 200 Å². The monoisotopic (exact) mass is 462 g/mol. The minimum absolute atomic E-state index is 0.267. The lowest BCUT2D eigenvalue weighted by Crippen LogP contribution is -2.56. The molecule has 5 nitrogen and oxygen atoms in total. The molecule has 33 heavy (non-hydrogen) atoms. The molecule has 3 aliphatic rings. The number of carbonyl (C=O) groups is 1. The molecule has 3 aromatic rings. The summed E-state index contributed by atoms with van der Waals surface area (Å²) in [6, 6.07) is 14.8. The molecule has 1 aromatic carbocycles. The standard InChI is InChI=1S/C27H31ClN4O/c28-21-11-9-19(10-12-21)26-24(31-15-5-4-8-25(31)29-26)18-30-16-22-13-14-23(17-30)32(22)27(33)20-6-2-1-3-7-20/h4-5,8-12,15,20,22-23H,1-3,6-7,13-14,16-18H2. The third-order valence-corrected chi connectivity index (χ3v) is 8.14. The average Bonchev–Trinajstić information content (AvgIpc) is 3.34. The number of halogens is 1. The number of amides is 1. The van der Waals surface area contributed by atoms with Gasteiger partial charge in [-0.3, -0.25) is 9.69 Å². The predicted molar refractivity (Wildman–Crippen MR) is 131 cm³/mol. The molecule has 4 heterocycles. The zero-order valence-electron chi connectivity index (χ0n) is 19.0. The zero-order chi connectivity index (χ0) is 22.4. The van der Waals surface area contributed by atoms with Crippen molar-refractivity contribution < 1.29 is 4.79 Å². The Morgan fingerprint density at radius 3 is 2.39 bits per heavy atom. The van der Waals surface area contributed by atoms with Crippen LogP contribution in [-0.4, -0.2) is 50.3 Å². The summed E-state index contributed by atoms with van der Waals surface area (Å²) in [7, 11) is 0. The molecular formula is C27H31ClN4O. The molecule has 1 aliphatic carbocycles. The summed E-state index contributed by atoms with van der Waals surface area (Å²) < 4.78 is 2.21. The van der Waals surface area contributed by atoms with Crippen molar-refractivity contribution in [2.75, 3.05) is 13.1 Å². The molecule has 6 rings (SSSR count). The Kier molecular flexibility index (Phi) is 5.63. The molecule has 2 atom stereocenters. The zero-order valence-corrected chi connectivity index (χ0v) is 19.8. The van der Waals surface area contributed by atoms with Crippen LogP contribution in [0.15, 0.2) is 48.7 Å². The van der Waals surface area contributed by atoms with Gasteiger partial charge in [-0.2, -0.15) is 0 Å². The highest BCUT2D eigenvalue weighted by Crippen LogP contribution is 2.36. The van der Waals surface area contributed by atoms with E-state index in [-0.39, 0.29) is 5.92 Å². The predicted octanol–water partition coefficient (Wildman–Crippen LogP) is 5.41. The number of imidazole rings is 1. The number of hydrogen-bond acceptors (Lipinski definition) is 3. The number of nitrogens with zero attached hydrogens (tertiary/aromatic N) is 4. The summed E-state index contributed by atoms with van der Waals surface area (Å²) in [5.74, 6) is 0.710. The molecule has 2 unspecified atom stereocenters. The van der Waals surface area contributed by atoms with Crippen molar-refractivity contribution >= 4 is 23.2 Å². The van der Waals surface area contributed by atoms with Crippen LogP contribution in [0.2, 0.25) is 5.02 Å². The van der Waals surface area contributed by atoms with E-state index in [1.54, 1.807) is 0 Å². The van der Waals surface area contributed by atoms with E-state index in [4.69, 9.17) is 16.6 Å². The second-order valence-corrected chi connectivity index (χ2v) is 10.4. The van der Waals surface area contributed by atoms with Crippen LogP contribution in [0.25, 0.3) is 16.9 Å². The quantitative estimate of drug-likeness (QED) is 0.520. The van der Waals surface area contributed by atoms with Gasteiger partial charge in [0, 0.05) is 54.4 Å². The molecule has 2 aromatic heterocycles. The number of aromatic nitrogens is 2. The van der Waals surface area contributed by atoms with E-state index in [9.17, 15) is 4.79 Å². The van der Waals surface area contributed by atoms with Crippen LogP contribution < -0.4 is 0 Å². The van der Waals surface area contributed by atoms with Crippen LogP contribution in [0, 0.1) is 5.92 Å². The van der Waals surface area contributed by atoms with E-state index in [1.807, 2.05) is 18.2 Å². The fourth-order valence-corrected chi connectivity index (χ4v) is 6.41. The molecule has 0 spiro atoms. The van der Waals surface area contributed by atoms with Gasteiger partial charge in [0.25, 0.3) is 0 Å². The van der Waals surface area contributed by atoms with Crippen LogP contribution in [0.5, 0.6) is 0 Å². The number of hydrogen-bond donors (Lipinski definition) is 0. The van der Waals surface area contributed by atoms with Crippen molar-refractivity contribution in [2.24, 2.45) is 5.92 Å². The van der Waals surface area contributed by atoms with Crippen molar-refractivity contribution in [1.29, 1.82) is 0 Å². The molecule has 2 saturated heterocycles. The first kappa shape index (κ1) is 21.2. The molecule has 1 amide bonds. The fraction of sp³-hybridized carbons (Fsp3) is 0.481. The summed E-state index contributed by atoms with van der Waals surface area (Å²) in [4.78, 5) is 23.2. The van der Waals surface area contributed by atoms with E-state index >= 15 is 0 Å². The summed E-state index contributed by atoms with van der Waals surface area (Å²) in [5.41, 5.74) is 4.28. The third kappa shape index (κ3) is 3.95. The summed E-state index contributed by atoms with van der Waals surface area (Å²) in [6.07, 6.45) is 10.3. The maximum atomic E-state index is 13.4. The molecule has 0 N–H and O–H groups in total. The van der Waals surface area contributed by atoms with E-state index < -0.39 is 0 Å². The second kappa shape index (κ2) is 8.77. The highest BCUT2D eigenvalue weighted by atomic mass is 35.5. The summed E-state index contributed by atoms with van der Waals surface area (Å²) in [6.45, 7) is 2.74. The van der Waals surface area contributed by atoms with Crippen LogP contribution in [0.3, 0.4) is 0 Å². The molecule has 1 saturated carbocycles. The maximum Gasteiger partial charge on any atom is 0.226 e. The Morgan fingerprint density at radius 2 is 1.67 bits per heavy atom. The van der Waals surface area contributed by atoms with Gasteiger partial charge in [-0.25, -0.2) is 4.98 Å². The largest absolute Gasteiger partial charge is 0.334 e. The smallest absolute Gasteiger partial charge is 0.226 e. The van der Waals surface area contributed by atoms with E-state index in [0.29, 0.717) is 18.0 Å². The third-order valence-electron chi connectivity index (χ3n) is 7.89. The highest BCUT2D eigenvalue weighted by Gasteiger charge is 2.44. The van der Waals surface area contributed by atoms with Crippen LogP contribution in [0.4, 0.5) is 0 Å². The average molecular weight is 463 g/mol. The Balaban J connectivity index is 1.25. The molecule has 3 fully saturated rings. The van der Waals surface area contributed by atoms with E-state index in [1.165, 1.54) is 25.0 Å². The number of piperazine rings is 1. The van der Waals surface area contributed by atoms with E-state index in [2.05, 4.69) is 44.7 Å². The van der Waals surface area contributed by atoms with Gasteiger partial charge in [0.2, 0.25) is 5.91 Å². The number of fused-ring (bicyclic) bond motifs is 3. The van der Waals surface area contributed by atoms with Crippen LogP contribution in [0.1, 0.15) is 50.6 Å². The maximum absolute atomic E-state index is 13.4. The van der Waals surface area contributed by atoms with Crippen molar-refractivity contribution in [3.8, 4) is 11.3 Å². The Hall–Kier alpha value is -2.37. The molecular weight excluding hydrogens is 432 g/mol. The Bertz CT molecular complexity index is 1140. The lowest BCUT2D eigenvalue weighted by molar-refractivity contribution is -0.142. The number of pyridine rings is 1. The van der Waals surface area contributed by atoms with Crippen LogP contribution >= 0.6 is 11.6 Å². The first-order valence-electron chi connectivity index (χ1n) is 12.4. The highest BCUT2D eigenvalue weighted by molar-refractivity contribution is 6.30. The van der Waals surface area contributed by atoms with Gasteiger partial charge in [-0.15, -0.1) is 0 Å². The summed E-state index contributed by atoms with van der Waals surface area (Å²) >= 11 is 6.14. The van der Waals surface area contributed by atoms with Gasteiger partial charge < -0.3 is 9.30 Å². The number of likely N-dealkylation sites (tertiary alicyclic amines) is 1. The van der Waals surface area contributed by atoms with Gasteiger partial charge in [0.05, 0.1) is 11.4 Å². The van der Waals surface area contributed by atoms with Crippen LogP contribution in [-0.2, 0) is 11.3 Å². The van der Waals surface area contributed by atoms with Gasteiger partial charge >= 0.3 is 0 Å². The first-order chi connectivity index (χ1) is 16.2. The molecule has 2 bridgehead atoms. The second-order valence-electron chi connectivity index (χ2n) is 10.0. The molecule has 0 radical (unpaired) electrons. The van der Waals surface area contributed by atoms with Crippen molar-refractivity contribution in [2.45, 2.75) is 63.6 Å². The topological polar surface area (TPSA) is 40.9 Å². The lowest BCUT2D eigenvalue weighted by atomic mass is 9.87. The van der Waals surface area contributed by atoms with Gasteiger partial charge in [-0.05, 0) is 49.9 Å². The van der Waals surface area contributed by atoms with Gasteiger partial charge in [-0.1, -0.05) is 49.1 Å². The number of rotatable bonds is 4. The fourth-order valence-electron chi connectivity index (χ4n) is 6.29. The number of carbonyl (C=O) groups excluding carboxylic acids is 1. The number of benzene rings is 1. The molecule has 2 aliphatic heterocycles. The van der Waals surface area contributed by atoms with Gasteiger partial charge in [0.1, 0.15) is 5.65 Å². The van der Waals surface area contributed by atoms with Crippen molar-refractivity contribution in [1.82, 2.24) is 19.2 Å².